The molecule has 1 heterocycles. The largest absolute Gasteiger partial charge is 0.344 e. The molecule has 0 bridgehead atoms. The van der Waals surface area contributed by atoms with Gasteiger partial charge in [-0.3, -0.25) is 14.3 Å². The number of hydrogen-bond donors (Lipinski definition) is 1. The highest BCUT2D eigenvalue weighted by atomic mass is 16.2. The van der Waals surface area contributed by atoms with Crippen LogP contribution in [-0.4, -0.2) is 28.0 Å². The van der Waals surface area contributed by atoms with Gasteiger partial charge in [0.1, 0.15) is 6.54 Å². The number of amides is 1. The van der Waals surface area contributed by atoms with E-state index in [0.717, 1.165) is 5.56 Å². The number of benzene rings is 1. The standard InChI is InChI=1S/C16H15N3O2/c1-13(20)15-7-5-14(6-8-15)4-2-9-17-16(21)12-19-11-3-10-18-19/h3,5-8,10-11H,9,12H2,1H3,(H,17,21). The van der Waals surface area contributed by atoms with E-state index < -0.39 is 0 Å². The van der Waals surface area contributed by atoms with E-state index in [1.165, 1.54) is 6.92 Å². The van der Waals surface area contributed by atoms with E-state index in [1.807, 2.05) is 0 Å². The lowest BCUT2D eigenvalue weighted by Crippen LogP contribution is -2.27. The molecular weight excluding hydrogens is 266 g/mol. The highest BCUT2D eigenvalue weighted by molar-refractivity contribution is 5.94. The fourth-order valence-electron chi connectivity index (χ4n) is 1.67. The first-order valence-corrected chi connectivity index (χ1v) is 6.49. The predicted molar refractivity (Wildman–Crippen MR) is 78.6 cm³/mol. The molecule has 0 atom stereocenters. The highest BCUT2D eigenvalue weighted by Crippen LogP contribution is 2.03. The van der Waals surface area contributed by atoms with Crippen LogP contribution in [0.25, 0.3) is 0 Å². The number of nitrogens with zero attached hydrogens (tertiary/aromatic N) is 2. The summed E-state index contributed by atoms with van der Waals surface area (Å²) in [5.41, 5.74) is 1.47. The maximum atomic E-state index is 11.6. The number of rotatable bonds is 4. The van der Waals surface area contributed by atoms with Crippen LogP contribution in [0, 0.1) is 11.8 Å². The van der Waals surface area contributed by atoms with Crippen molar-refractivity contribution in [1.29, 1.82) is 0 Å². The molecule has 0 unspecified atom stereocenters. The van der Waals surface area contributed by atoms with Crippen LogP contribution >= 0.6 is 0 Å². The molecule has 106 valence electrons. The second-order valence-electron chi connectivity index (χ2n) is 4.42. The molecule has 0 saturated carbocycles. The van der Waals surface area contributed by atoms with Crippen molar-refractivity contribution >= 4 is 11.7 Å². The Labute approximate surface area is 123 Å². The molecule has 21 heavy (non-hydrogen) atoms. The second kappa shape index (κ2) is 7.06. The molecule has 5 heteroatoms. The van der Waals surface area contributed by atoms with E-state index in [0.29, 0.717) is 5.56 Å². The van der Waals surface area contributed by atoms with E-state index in [4.69, 9.17) is 0 Å². The van der Waals surface area contributed by atoms with Crippen LogP contribution in [0.3, 0.4) is 0 Å². The van der Waals surface area contributed by atoms with Gasteiger partial charge in [0.15, 0.2) is 5.78 Å². The number of Topliss-reactive ketones (excluding diaryl/α,β-unsaturated/α-hetero) is 1. The predicted octanol–water partition coefficient (Wildman–Crippen LogP) is 1.25. The normalized spacial score (nSPS) is 9.57. The Morgan fingerprint density at radius 2 is 2.05 bits per heavy atom. The number of carbonyl (C=O) groups excluding carboxylic acids is 2. The van der Waals surface area contributed by atoms with E-state index in [2.05, 4.69) is 22.3 Å². The summed E-state index contributed by atoms with van der Waals surface area (Å²) in [6.07, 6.45) is 3.35. The first-order valence-electron chi connectivity index (χ1n) is 6.49. The van der Waals surface area contributed by atoms with Crippen LogP contribution in [0.5, 0.6) is 0 Å². The van der Waals surface area contributed by atoms with Gasteiger partial charge in [0.2, 0.25) is 5.91 Å². The third kappa shape index (κ3) is 4.62. The molecule has 0 aliphatic carbocycles. The van der Waals surface area contributed by atoms with Crippen molar-refractivity contribution in [2.24, 2.45) is 0 Å². The van der Waals surface area contributed by atoms with E-state index in [1.54, 1.807) is 47.4 Å². The van der Waals surface area contributed by atoms with Gasteiger partial charge in [-0.25, -0.2) is 0 Å². The summed E-state index contributed by atoms with van der Waals surface area (Å²) in [4.78, 5) is 22.7. The quantitative estimate of drug-likeness (QED) is 0.677. The molecule has 0 spiro atoms. The maximum Gasteiger partial charge on any atom is 0.242 e. The van der Waals surface area contributed by atoms with Crippen molar-refractivity contribution in [3.05, 3.63) is 53.9 Å². The zero-order chi connectivity index (χ0) is 15.1. The number of carbonyl (C=O) groups is 2. The van der Waals surface area contributed by atoms with E-state index in [-0.39, 0.29) is 24.8 Å². The minimum atomic E-state index is -0.139. The fourth-order valence-corrected chi connectivity index (χ4v) is 1.67. The van der Waals surface area contributed by atoms with Gasteiger partial charge in [-0.1, -0.05) is 24.0 Å². The van der Waals surface area contributed by atoms with Crippen LogP contribution in [0.1, 0.15) is 22.8 Å². The molecule has 0 saturated heterocycles. The molecule has 0 fully saturated rings. The lowest BCUT2D eigenvalue weighted by molar-refractivity contribution is -0.121. The minimum absolute atomic E-state index is 0.0281. The number of hydrogen-bond acceptors (Lipinski definition) is 3. The van der Waals surface area contributed by atoms with Crippen molar-refractivity contribution in [2.45, 2.75) is 13.5 Å². The van der Waals surface area contributed by atoms with Gasteiger partial charge in [-0.05, 0) is 25.1 Å². The molecule has 0 radical (unpaired) electrons. The van der Waals surface area contributed by atoms with Gasteiger partial charge in [0, 0.05) is 23.5 Å². The lowest BCUT2D eigenvalue weighted by Gasteiger charge is -2.01. The van der Waals surface area contributed by atoms with E-state index in [9.17, 15) is 9.59 Å². The smallest absolute Gasteiger partial charge is 0.242 e. The van der Waals surface area contributed by atoms with Crippen molar-refractivity contribution in [1.82, 2.24) is 15.1 Å². The van der Waals surface area contributed by atoms with Crippen LogP contribution in [-0.2, 0) is 11.3 Å². The summed E-state index contributed by atoms with van der Waals surface area (Å²) in [7, 11) is 0. The minimum Gasteiger partial charge on any atom is -0.344 e. The summed E-state index contributed by atoms with van der Waals surface area (Å²) in [5.74, 6) is 5.68. The van der Waals surface area contributed by atoms with E-state index >= 15 is 0 Å². The molecule has 1 amide bonds. The SMILES string of the molecule is CC(=O)c1ccc(C#CCNC(=O)Cn2cccn2)cc1. The van der Waals surface area contributed by atoms with Crippen LogP contribution in [0.4, 0.5) is 0 Å². The Morgan fingerprint density at radius 3 is 2.67 bits per heavy atom. The van der Waals surface area contributed by atoms with Crippen LogP contribution in [0.15, 0.2) is 42.7 Å². The van der Waals surface area contributed by atoms with Crippen molar-refractivity contribution in [3.63, 3.8) is 0 Å². The monoisotopic (exact) mass is 281 g/mol. The zero-order valence-corrected chi connectivity index (χ0v) is 11.7. The first-order chi connectivity index (χ1) is 10.1. The van der Waals surface area contributed by atoms with Gasteiger partial charge in [0.25, 0.3) is 0 Å². The first kappa shape index (κ1) is 14.5. The summed E-state index contributed by atoms with van der Waals surface area (Å²) in [5, 5.41) is 6.64. The topological polar surface area (TPSA) is 64.0 Å². The van der Waals surface area contributed by atoms with Gasteiger partial charge in [0.05, 0.1) is 6.54 Å². The van der Waals surface area contributed by atoms with Crippen molar-refractivity contribution in [2.75, 3.05) is 6.54 Å². The van der Waals surface area contributed by atoms with Crippen LogP contribution < -0.4 is 5.32 Å². The molecule has 1 aromatic carbocycles. The van der Waals surface area contributed by atoms with Gasteiger partial charge in [-0.2, -0.15) is 5.10 Å². The van der Waals surface area contributed by atoms with Crippen molar-refractivity contribution < 1.29 is 9.59 Å². The average molecular weight is 281 g/mol. The fraction of sp³-hybridized carbons (Fsp3) is 0.188. The number of nitrogens with one attached hydrogen (secondary N) is 1. The third-order valence-corrected chi connectivity index (χ3v) is 2.76. The number of ketones is 1. The highest BCUT2D eigenvalue weighted by Gasteiger charge is 2.00. The van der Waals surface area contributed by atoms with Gasteiger partial charge < -0.3 is 5.32 Å². The number of aromatic nitrogens is 2. The molecule has 0 aliphatic heterocycles. The Balaban J connectivity index is 1.80. The summed E-state index contributed by atoms with van der Waals surface area (Å²) < 4.78 is 1.54. The van der Waals surface area contributed by atoms with Crippen LogP contribution in [0.2, 0.25) is 0 Å². The summed E-state index contributed by atoms with van der Waals surface area (Å²) >= 11 is 0. The molecule has 2 aromatic rings. The van der Waals surface area contributed by atoms with Crippen molar-refractivity contribution in [3.8, 4) is 11.8 Å². The molecule has 5 nitrogen and oxygen atoms in total. The second-order valence-corrected chi connectivity index (χ2v) is 4.42. The molecule has 0 aliphatic rings. The Kier molecular flexibility index (Phi) is 4.89. The maximum absolute atomic E-state index is 11.6. The third-order valence-electron chi connectivity index (χ3n) is 2.76. The van der Waals surface area contributed by atoms with Gasteiger partial charge >= 0.3 is 0 Å². The van der Waals surface area contributed by atoms with Gasteiger partial charge in [-0.15, -0.1) is 0 Å². The molecule has 1 aromatic heterocycles. The molecular formula is C16H15N3O2. The summed E-state index contributed by atoms with van der Waals surface area (Å²) in [6, 6.07) is 8.81. The Morgan fingerprint density at radius 1 is 1.29 bits per heavy atom. The zero-order valence-electron chi connectivity index (χ0n) is 11.7. The molecule has 1 N–H and O–H groups in total. The average Bonchev–Trinajstić information content (AvgIpc) is 2.97. The Hall–Kier alpha value is -2.87. The molecule has 2 rings (SSSR count). The summed E-state index contributed by atoms with van der Waals surface area (Å²) in [6.45, 7) is 1.98. The lowest BCUT2D eigenvalue weighted by atomic mass is 10.1. The Bertz CT molecular complexity index is 677.